The molecule has 0 aliphatic rings. The molecule has 1 amide bonds. The maximum Gasteiger partial charge on any atom is 0.265 e. The smallest absolute Gasteiger partial charge is 0.265 e. The monoisotopic (exact) mass is 370 g/mol. The molecule has 0 atom stereocenters. The Morgan fingerprint density at radius 1 is 1.29 bits per heavy atom. The van der Waals surface area contributed by atoms with Gasteiger partial charge in [-0.2, -0.15) is 5.10 Å². The average Bonchev–Trinajstić information content (AvgIpc) is 2.71. The Bertz CT molecular complexity index is 904. The van der Waals surface area contributed by atoms with Gasteiger partial charge in [0.25, 0.3) is 15.9 Å². The van der Waals surface area contributed by atoms with Gasteiger partial charge in [0.2, 0.25) is 0 Å². The highest BCUT2D eigenvalue weighted by Crippen LogP contribution is 2.27. The van der Waals surface area contributed by atoms with E-state index in [1.165, 1.54) is 27.8 Å². The number of aryl methyl sites for hydroxylation is 2. The molecule has 0 saturated carbocycles. The summed E-state index contributed by atoms with van der Waals surface area (Å²) >= 11 is 5.97. The fourth-order valence-corrected chi connectivity index (χ4v) is 4.05. The molecule has 1 aromatic heterocycles. The summed E-state index contributed by atoms with van der Waals surface area (Å²) in [5, 5.41) is 4.44. The number of amides is 1. The first-order valence-electron chi connectivity index (χ1n) is 7.09. The van der Waals surface area contributed by atoms with Crippen LogP contribution in [0.3, 0.4) is 0 Å². The zero-order valence-corrected chi connectivity index (χ0v) is 15.7. The Morgan fingerprint density at radius 2 is 1.92 bits per heavy atom. The van der Waals surface area contributed by atoms with Gasteiger partial charge in [-0.05, 0) is 32.0 Å². The van der Waals surface area contributed by atoms with Crippen molar-refractivity contribution in [2.75, 3.05) is 18.8 Å². The van der Waals surface area contributed by atoms with Crippen LogP contribution in [0.1, 0.15) is 21.7 Å². The van der Waals surface area contributed by atoms with Gasteiger partial charge in [0, 0.05) is 26.2 Å². The topological polar surface area (TPSA) is 84.3 Å². The molecule has 0 fully saturated rings. The minimum atomic E-state index is -3.92. The van der Waals surface area contributed by atoms with Gasteiger partial charge in [-0.3, -0.25) is 14.2 Å². The van der Waals surface area contributed by atoms with Gasteiger partial charge in [-0.15, -0.1) is 0 Å². The molecule has 0 radical (unpaired) electrons. The first kappa shape index (κ1) is 18.3. The Kier molecular flexibility index (Phi) is 4.91. The van der Waals surface area contributed by atoms with Crippen molar-refractivity contribution in [3.63, 3.8) is 0 Å². The summed E-state index contributed by atoms with van der Waals surface area (Å²) in [4.78, 5) is 13.7. The molecule has 0 saturated heterocycles. The van der Waals surface area contributed by atoms with E-state index in [1.807, 2.05) is 0 Å². The maximum absolute atomic E-state index is 12.8. The quantitative estimate of drug-likeness (QED) is 0.894. The van der Waals surface area contributed by atoms with Gasteiger partial charge in [0.1, 0.15) is 4.90 Å². The van der Waals surface area contributed by atoms with Crippen molar-refractivity contribution in [3.8, 4) is 0 Å². The van der Waals surface area contributed by atoms with E-state index < -0.39 is 10.0 Å². The van der Waals surface area contributed by atoms with Crippen LogP contribution in [0.4, 0.5) is 5.69 Å². The molecule has 0 bridgehead atoms. The second-order valence-corrected chi connectivity index (χ2v) is 7.67. The lowest BCUT2D eigenvalue weighted by atomic mass is 10.1. The molecule has 130 valence electrons. The molecule has 1 aromatic carbocycles. The number of aromatic nitrogens is 2. The van der Waals surface area contributed by atoms with E-state index in [1.54, 1.807) is 35.0 Å². The number of carbonyl (C=O) groups excluding carboxylic acids is 1. The molecule has 0 aliphatic heterocycles. The van der Waals surface area contributed by atoms with Crippen LogP contribution in [-0.2, 0) is 17.1 Å². The third-order valence-corrected chi connectivity index (χ3v) is 5.43. The highest BCUT2D eigenvalue weighted by Gasteiger charge is 2.26. The summed E-state index contributed by atoms with van der Waals surface area (Å²) in [5.41, 5.74) is 1.23. The van der Waals surface area contributed by atoms with Gasteiger partial charge in [-0.25, -0.2) is 8.42 Å². The van der Waals surface area contributed by atoms with E-state index in [4.69, 9.17) is 11.6 Å². The standard InChI is InChI=1S/C15H19ClN4O3S/c1-9-14(10(2)20(5)17-9)24(22,23)18-13-8-11(16)6-7-12(13)15(21)19(3)4/h6-8,18H,1-5H3. The molecular formula is C15H19ClN4O3S. The summed E-state index contributed by atoms with van der Waals surface area (Å²) in [5.74, 6) is -0.330. The molecule has 0 unspecified atom stereocenters. The van der Waals surface area contributed by atoms with E-state index in [2.05, 4.69) is 9.82 Å². The predicted octanol–water partition coefficient (Wildman–Crippen LogP) is 2.19. The molecule has 7 nitrogen and oxygen atoms in total. The number of halogens is 1. The van der Waals surface area contributed by atoms with Crippen LogP contribution in [0.5, 0.6) is 0 Å². The first-order chi connectivity index (χ1) is 11.0. The summed E-state index contributed by atoms with van der Waals surface area (Å²) in [6.45, 7) is 3.28. The van der Waals surface area contributed by atoms with Crippen molar-refractivity contribution in [2.45, 2.75) is 18.7 Å². The zero-order chi connectivity index (χ0) is 18.2. The summed E-state index contributed by atoms with van der Waals surface area (Å²) < 4.78 is 29.5. The van der Waals surface area contributed by atoms with Crippen molar-refractivity contribution in [2.24, 2.45) is 7.05 Å². The lowest BCUT2D eigenvalue weighted by Gasteiger charge is -2.16. The Hall–Kier alpha value is -2.06. The van der Waals surface area contributed by atoms with Crippen LogP contribution in [-0.4, -0.2) is 43.1 Å². The highest BCUT2D eigenvalue weighted by atomic mass is 35.5. The van der Waals surface area contributed by atoms with Gasteiger partial charge >= 0.3 is 0 Å². The molecule has 0 spiro atoms. The number of nitrogens with zero attached hydrogens (tertiary/aromatic N) is 3. The Balaban J connectivity index is 2.54. The largest absolute Gasteiger partial charge is 0.345 e. The predicted molar refractivity (Wildman–Crippen MR) is 93.0 cm³/mol. The van der Waals surface area contributed by atoms with Crippen LogP contribution in [0.15, 0.2) is 23.1 Å². The van der Waals surface area contributed by atoms with Crippen molar-refractivity contribution in [1.29, 1.82) is 0 Å². The number of carbonyl (C=O) groups is 1. The third-order valence-electron chi connectivity index (χ3n) is 3.57. The highest BCUT2D eigenvalue weighted by molar-refractivity contribution is 7.92. The fourth-order valence-electron chi connectivity index (χ4n) is 2.37. The van der Waals surface area contributed by atoms with Gasteiger partial charge in [0.05, 0.1) is 22.6 Å². The molecule has 2 rings (SSSR count). The number of benzene rings is 1. The first-order valence-corrected chi connectivity index (χ1v) is 8.95. The lowest BCUT2D eigenvalue weighted by Crippen LogP contribution is -2.24. The molecular weight excluding hydrogens is 352 g/mol. The van der Waals surface area contributed by atoms with E-state index in [0.29, 0.717) is 16.4 Å². The number of rotatable bonds is 4. The number of hydrogen-bond acceptors (Lipinski definition) is 4. The van der Waals surface area contributed by atoms with Gasteiger partial charge in [-0.1, -0.05) is 11.6 Å². The van der Waals surface area contributed by atoms with Crippen LogP contribution in [0, 0.1) is 13.8 Å². The normalized spacial score (nSPS) is 11.4. The summed E-state index contributed by atoms with van der Waals surface area (Å²) in [6, 6.07) is 4.44. The second-order valence-electron chi connectivity index (χ2n) is 5.62. The van der Waals surface area contributed by atoms with Crippen molar-refractivity contribution >= 4 is 33.2 Å². The van der Waals surface area contributed by atoms with Gasteiger partial charge < -0.3 is 4.90 Å². The molecule has 0 aliphatic carbocycles. The molecule has 24 heavy (non-hydrogen) atoms. The van der Waals surface area contributed by atoms with E-state index in [9.17, 15) is 13.2 Å². The SMILES string of the molecule is Cc1nn(C)c(C)c1S(=O)(=O)Nc1cc(Cl)ccc1C(=O)N(C)C. The lowest BCUT2D eigenvalue weighted by molar-refractivity contribution is 0.0828. The number of nitrogens with one attached hydrogen (secondary N) is 1. The van der Waals surface area contributed by atoms with Crippen molar-refractivity contribution < 1.29 is 13.2 Å². The van der Waals surface area contributed by atoms with Crippen LogP contribution < -0.4 is 4.72 Å². The van der Waals surface area contributed by atoms with Crippen LogP contribution >= 0.6 is 11.6 Å². The van der Waals surface area contributed by atoms with Crippen LogP contribution in [0.2, 0.25) is 5.02 Å². The van der Waals surface area contributed by atoms with Crippen LogP contribution in [0.25, 0.3) is 0 Å². The number of sulfonamides is 1. The Labute approximate surface area is 146 Å². The fraction of sp³-hybridized carbons (Fsp3) is 0.333. The second kappa shape index (κ2) is 6.45. The Morgan fingerprint density at radius 3 is 2.42 bits per heavy atom. The average molecular weight is 371 g/mol. The third kappa shape index (κ3) is 3.39. The molecule has 2 aromatic rings. The minimum Gasteiger partial charge on any atom is -0.345 e. The summed E-state index contributed by atoms with van der Waals surface area (Å²) in [7, 11) is 0.929. The van der Waals surface area contributed by atoms with Crippen molar-refractivity contribution in [3.05, 3.63) is 40.2 Å². The summed E-state index contributed by atoms with van der Waals surface area (Å²) in [6.07, 6.45) is 0. The number of hydrogen-bond donors (Lipinski definition) is 1. The molecule has 9 heteroatoms. The number of anilines is 1. The van der Waals surface area contributed by atoms with E-state index in [0.717, 1.165) is 0 Å². The van der Waals surface area contributed by atoms with Crippen molar-refractivity contribution in [1.82, 2.24) is 14.7 Å². The minimum absolute atomic E-state index is 0.0910. The molecule has 1 heterocycles. The zero-order valence-electron chi connectivity index (χ0n) is 14.1. The maximum atomic E-state index is 12.8. The van der Waals surface area contributed by atoms with E-state index in [-0.39, 0.29) is 22.1 Å². The van der Waals surface area contributed by atoms with E-state index >= 15 is 0 Å². The van der Waals surface area contributed by atoms with Gasteiger partial charge in [0.15, 0.2) is 0 Å². The molecule has 1 N–H and O–H groups in total.